The average Bonchev–Trinajstić information content (AvgIpc) is 2.80. The van der Waals surface area contributed by atoms with E-state index < -0.39 is 23.8 Å². The minimum absolute atomic E-state index is 0.0766. The first-order valence-corrected chi connectivity index (χ1v) is 11.4. The van der Waals surface area contributed by atoms with Crippen LogP contribution in [0.2, 0.25) is 20.1 Å². The number of nitrogens with two attached hydrogens (primary N) is 2. The van der Waals surface area contributed by atoms with Gasteiger partial charge in [0.05, 0.1) is 42.3 Å². The van der Waals surface area contributed by atoms with Gasteiger partial charge in [0, 0.05) is 26.9 Å². The number of hydrogen-bond donors (Lipinski definition) is 4. The van der Waals surface area contributed by atoms with E-state index in [-0.39, 0.29) is 74.7 Å². The summed E-state index contributed by atoms with van der Waals surface area (Å²) in [6.45, 7) is 0. The van der Waals surface area contributed by atoms with Gasteiger partial charge >= 0.3 is 11.9 Å². The highest BCUT2D eigenvalue weighted by molar-refractivity contribution is 6.57. The number of amides is 2. The zero-order valence-electron chi connectivity index (χ0n) is 17.5. The summed E-state index contributed by atoms with van der Waals surface area (Å²) < 4.78 is 0. The second kappa shape index (κ2) is 7.97. The van der Waals surface area contributed by atoms with E-state index in [1.165, 1.54) is 24.3 Å². The van der Waals surface area contributed by atoms with Gasteiger partial charge in [0.1, 0.15) is 0 Å². The fourth-order valence-corrected chi connectivity index (χ4v) is 6.01. The molecule has 0 unspecified atom stereocenters. The Morgan fingerprint density at radius 3 is 1.25 bits per heavy atom. The first-order valence-electron chi connectivity index (χ1n) is 9.92. The Morgan fingerprint density at radius 2 is 0.917 bits per heavy atom. The maximum atomic E-state index is 12.5. The number of benzene rings is 5. The summed E-state index contributed by atoms with van der Waals surface area (Å²) in [5, 5.41) is 19.9. The number of carbonyl (C=O) groups excluding carboxylic acids is 2. The largest absolute Gasteiger partial charge is 0.478 e. The normalized spacial score (nSPS) is 11.7. The second-order valence-corrected chi connectivity index (χ2v) is 9.43. The molecule has 0 aliphatic heterocycles. The Kier molecular flexibility index (Phi) is 5.35. The Morgan fingerprint density at radius 1 is 0.528 bits per heavy atom. The van der Waals surface area contributed by atoms with Gasteiger partial charge in [-0.1, -0.05) is 58.5 Å². The fraction of sp³-hybridized carbons (Fsp3) is 0. The fourth-order valence-electron chi connectivity index (χ4n) is 4.87. The van der Waals surface area contributed by atoms with E-state index in [4.69, 9.17) is 57.9 Å². The molecule has 5 aromatic carbocycles. The van der Waals surface area contributed by atoms with Crippen LogP contribution in [0.5, 0.6) is 0 Å². The van der Waals surface area contributed by atoms with Crippen LogP contribution in [0.25, 0.3) is 43.1 Å². The summed E-state index contributed by atoms with van der Waals surface area (Å²) in [5.74, 6) is -4.76. The van der Waals surface area contributed by atoms with E-state index in [0.717, 1.165) is 0 Å². The number of primary amides is 2. The molecule has 0 fully saturated rings. The predicted molar refractivity (Wildman–Crippen MR) is 139 cm³/mol. The highest BCUT2D eigenvalue weighted by Crippen LogP contribution is 2.52. The average molecular weight is 564 g/mol. The van der Waals surface area contributed by atoms with Gasteiger partial charge in [0.25, 0.3) is 11.8 Å². The molecule has 0 radical (unpaired) electrons. The summed E-state index contributed by atoms with van der Waals surface area (Å²) in [5.41, 5.74) is 10.0. The quantitative estimate of drug-likeness (QED) is 0.156. The van der Waals surface area contributed by atoms with Crippen molar-refractivity contribution in [2.45, 2.75) is 0 Å². The molecule has 8 nitrogen and oxygen atoms in total. The number of carboxylic acid groups (broad SMARTS) is 2. The topological polar surface area (TPSA) is 161 Å². The minimum atomic E-state index is -1.36. The molecule has 12 heteroatoms. The Labute approximate surface area is 220 Å². The zero-order valence-corrected chi connectivity index (χ0v) is 20.5. The molecular weight excluding hydrogens is 554 g/mol. The molecule has 0 spiro atoms. The summed E-state index contributed by atoms with van der Waals surface area (Å²) in [7, 11) is 0. The molecule has 0 aliphatic rings. The Balaban J connectivity index is 2.32. The predicted octanol–water partition coefficient (Wildman–Crippen LogP) is 5.95. The molecule has 0 heterocycles. The maximum absolute atomic E-state index is 12.5. The van der Waals surface area contributed by atoms with Gasteiger partial charge in [-0.25, -0.2) is 9.59 Å². The van der Waals surface area contributed by atoms with Crippen LogP contribution in [0.15, 0.2) is 24.3 Å². The van der Waals surface area contributed by atoms with Crippen LogP contribution < -0.4 is 11.5 Å². The zero-order chi connectivity index (χ0) is 26.4. The van der Waals surface area contributed by atoms with Crippen molar-refractivity contribution in [1.29, 1.82) is 0 Å². The molecule has 0 atom stereocenters. The van der Waals surface area contributed by atoms with Crippen molar-refractivity contribution in [3.8, 4) is 0 Å². The third kappa shape index (κ3) is 2.96. The summed E-state index contributed by atoms with van der Waals surface area (Å²) in [6.07, 6.45) is 0. The van der Waals surface area contributed by atoms with Crippen LogP contribution >= 0.6 is 46.4 Å². The number of fused-ring (bicyclic) bond motifs is 2. The minimum Gasteiger partial charge on any atom is -0.478 e. The third-order valence-electron chi connectivity index (χ3n) is 6.17. The van der Waals surface area contributed by atoms with E-state index in [2.05, 4.69) is 0 Å². The van der Waals surface area contributed by atoms with Crippen LogP contribution in [-0.2, 0) is 0 Å². The molecular formula is C24H10Cl4N2O6. The number of carbonyl (C=O) groups is 4. The number of hydrogen-bond acceptors (Lipinski definition) is 4. The van der Waals surface area contributed by atoms with Gasteiger partial charge in [-0.05, 0) is 28.3 Å². The smallest absolute Gasteiger partial charge is 0.336 e. The van der Waals surface area contributed by atoms with Crippen LogP contribution in [0.1, 0.15) is 41.4 Å². The summed E-state index contributed by atoms with van der Waals surface area (Å²) in [6, 6.07) is 5.31. The van der Waals surface area contributed by atoms with Gasteiger partial charge in [0.2, 0.25) is 0 Å². The molecule has 5 rings (SSSR count). The van der Waals surface area contributed by atoms with E-state index >= 15 is 0 Å². The Bertz CT molecular complexity index is 1770. The number of rotatable bonds is 4. The number of aromatic carboxylic acids is 2. The molecule has 0 aromatic heterocycles. The molecule has 0 saturated heterocycles. The van der Waals surface area contributed by atoms with Crippen LogP contribution in [-0.4, -0.2) is 34.0 Å². The van der Waals surface area contributed by atoms with Crippen molar-refractivity contribution < 1.29 is 29.4 Å². The van der Waals surface area contributed by atoms with Crippen LogP contribution in [0.3, 0.4) is 0 Å². The lowest BCUT2D eigenvalue weighted by Crippen LogP contribution is -2.18. The SMILES string of the molecule is NC(=O)c1c(Cl)c(Cl)c2c3ccc(C(=O)O)c4c(C(=O)O)ccc(c5c(Cl)c(Cl)c(C(N)=O)c1c25)c43. The first-order chi connectivity index (χ1) is 16.9. The van der Waals surface area contributed by atoms with Gasteiger partial charge in [-0.2, -0.15) is 0 Å². The lowest BCUT2D eigenvalue weighted by atomic mass is 9.84. The van der Waals surface area contributed by atoms with Gasteiger partial charge in [-0.15, -0.1) is 0 Å². The van der Waals surface area contributed by atoms with Gasteiger partial charge in [0.15, 0.2) is 0 Å². The molecule has 0 saturated carbocycles. The van der Waals surface area contributed by atoms with Crippen molar-refractivity contribution in [2.24, 2.45) is 11.5 Å². The summed E-state index contributed by atoms with van der Waals surface area (Å²) in [4.78, 5) is 49.1. The maximum Gasteiger partial charge on any atom is 0.336 e. The first kappa shape index (κ1) is 24.1. The monoisotopic (exact) mass is 562 g/mol. The Hall–Kier alpha value is -3.56. The molecule has 6 N–H and O–H groups in total. The highest BCUT2D eigenvalue weighted by atomic mass is 35.5. The molecule has 0 aliphatic carbocycles. The lowest BCUT2D eigenvalue weighted by molar-refractivity contribution is 0.0695. The van der Waals surface area contributed by atoms with Gasteiger partial charge in [-0.3, -0.25) is 9.59 Å². The van der Waals surface area contributed by atoms with Gasteiger partial charge < -0.3 is 21.7 Å². The van der Waals surface area contributed by atoms with Crippen molar-refractivity contribution >= 4 is 113 Å². The molecule has 5 aromatic rings. The standard InChI is InChI=1S/C24H10Cl4N2O6/c25-17-11-5-1-3-7(23(33)34)10-8(24(35)36)4-2-6(9(5)10)12-13(11)14(15(19(17)27)21(29)31)16(22(30)32)20(28)18(12)26/h1-4H,(H2,29,31)(H2,30,32)(H,33,34)(H,35,36). The highest BCUT2D eigenvalue weighted by Gasteiger charge is 2.31. The van der Waals surface area contributed by atoms with Crippen LogP contribution in [0.4, 0.5) is 0 Å². The molecule has 0 bridgehead atoms. The van der Waals surface area contributed by atoms with E-state index in [1.54, 1.807) is 0 Å². The molecule has 36 heavy (non-hydrogen) atoms. The number of carboxylic acids is 2. The van der Waals surface area contributed by atoms with Crippen molar-refractivity contribution in [3.63, 3.8) is 0 Å². The van der Waals surface area contributed by atoms with Crippen molar-refractivity contribution in [2.75, 3.05) is 0 Å². The van der Waals surface area contributed by atoms with E-state index in [1.807, 2.05) is 0 Å². The number of halogens is 4. The van der Waals surface area contributed by atoms with Crippen molar-refractivity contribution in [1.82, 2.24) is 0 Å². The van der Waals surface area contributed by atoms with E-state index in [9.17, 15) is 29.4 Å². The van der Waals surface area contributed by atoms with Crippen LogP contribution in [0, 0.1) is 0 Å². The lowest BCUT2D eigenvalue weighted by Gasteiger charge is -2.22. The molecule has 2 amide bonds. The van der Waals surface area contributed by atoms with Crippen molar-refractivity contribution in [3.05, 3.63) is 66.6 Å². The van der Waals surface area contributed by atoms with E-state index in [0.29, 0.717) is 10.8 Å². The summed E-state index contributed by atoms with van der Waals surface area (Å²) >= 11 is 26.2. The third-order valence-corrected chi connectivity index (χ3v) is 7.87. The molecule has 180 valence electrons. The second-order valence-electron chi connectivity index (χ2n) is 7.92.